The average molecular weight is 343 g/mol. The van der Waals surface area contributed by atoms with Crippen molar-refractivity contribution in [3.63, 3.8) is 0 Å². The monoisotopic (exact) mass is 343 g/mol. The topological polar surface area (TPSA) is 41.5 Å². The second kappa shape index (κ2) is 7.02. The lowest BCUT2D eigenvalue weighted by molar-refractivity contribution is -0.137. The molecule has 1 aliphatic carbocycles. The van der Waals surface area contributed by atoms with Crippen molar-refractivity contribution in [3.05, 3.63) is 35.4 Å². The second-order valence-corrected chi connectivity index (χ2v) is 7.10. The number of hydrogen-bond acceptors (Lipinski definition) is 3. The minimum absolute atomic E-state index is 0.0662. The standard InChI is InChI=1S/C18H24F3NO2/c19-18(20,21)15-3-1-2-14(10-15)16(13-4-5-13)22-11-17(6-8-23)7-9-24-12-17/h1-3,10,13,16,22-23H,4-9,11-12H2. The maximum atomic E-state index is 13.0. The number of nitrogens with one attached hydrogen (secondary N) is 1. The molecule has 2 atom stereocenters. The quantitative estimate of drug-likeness (QED) is 0.796. The zero-order valence-corrected chi connectivity index (χ0v) is 13.6. The van der Waals surface area contributed by atoms with Crippen molar-refractivity contribution < 1.29 is 23.0 Å². The van der Waals surface area contributed by atoms with Gasteiger partial charge in [0.2, 0.25) is 0 Å². The lowest BCUT2D eigenvalue weighted by Crippen LogP contribution is -2.38. The van der Waals surface area contributed by atoms with E-state index in [0.717, 1.165) is 25.3 Å². The van der Waals surface area contributed by atoms with Crippen LogP contribution in [0.3, 0.4) is 0 Å². The molecule has 0 amide bonds. The van der Waals surface area contributed by atoms with E-state index in [1.807, 2.05) is 0 Å². The Balaban J connectivity index is 1.74. The van der Waals surface area contributed by atoms with Crippen molar-refractivity contribution in [2.75, 3.05) is 26.4 Å². The lowest BCUT2D eigenvalue weighted by Gasteiger charge is -2.30. The van der Waals surface area contributed by atoms with Gasteiger partial charge in [0.05, 0.1) is 12.2 Å². The van der Waals surface area contributed by atoms with Crippen molar-refractivity contribution in [2.45, 2.75) is 37.9 Å². The Hall–Kier alpha value is -1.11. The molecule has 0 bridgehead atoms. The van der Waals surface area contributed by atoms with Crippen LogP contribution in [-0.2, 0) is 10.9 Å². The molecule has 1 heterocycles. The minimum Gasteiger partial charge on any atom is -0.396 e. The molecule has 2 N–H and O–H groups in total. The van der Waals surface area contributed by atoms with Crippen LogP contribution in [0.15, 0.2) is 24.3 Å². The first-order valence-electron chi connectivity index (χ1n) is 8.53. The van der Waals surface area contributed by atoms with Gasteiger partial charge in [0, 0.05) is 31.2 Å². The molecule has 3 rings (SSSR count). The normalized spacial score (nSPS) is 25.8. The summed E-state index contributed by atoms with van der Waals surface area (Å²) in [5, 5.41) is 12.8. The second-order valence-electron chi connectivity index (χ2n) is 7.10. The summed E-state index contributed by atoms with van der Waals surface area (Å²) in [6.07, 6.45) is -0.711. The third-order valence-corrected chi connectivity index (χ3v) is 5.19. The van der Waals surface area contributed by atoms with Crippen LogP contribution in [0.25, 0.3) is 0 Å². The van der Waals surface area contributed by atoms with Crippen molar-refractivity contribution in [3.8, 4) is 0 Å². The first-order valence-corrected chi connectivity index (χ1v) is 8.53. The molecule has 1 aromatic carbocycles. The summed E-state index contributed by atoms with van der Waals surface area (Å²) >= 11 is 0. The molecule has 1 saturated heterocycles. The van der Waals surface area contributed by atoms with Gasteiger partial charge in [0.15, 0.2) is 0 Å². The zero-order chi connectivity index (χ0) is 17.2. The van der Waals surface area contributed by atoms with E-state index in [4.69, 9.17) is 4.74 Å². The van der Waals surface area contributed by atoms with E-state index in [0.29, 0.717) is 37.7 Å². The molecular weight excluding hydrogens is 319 g/mol. The van der Waals surface area contributed by atoms with Gasteiger partial charge < -0.3 is 15.2 Å². The highest BCUT2D eigenvalue weighted by molar-refractivity contribution is 5.29. The highest BCUT2D eigenvalue weighted by atomic mass is 19.4. The third-order valence-electron chi connectivity index (χ3n) is 5.19. The van der Waals surface area contributed by atoms with E-state index >= 15 is 0 Å². The van der Waals surface area contributed by atoms with Crippen LogP contribution < -0.4 is 5.32 Å². The summed E-state index contributed by atoms with van der Waals surface area (Å²) in [5.41, 5.74) is -0.00381. The lowest BCUT2D eigenvalue weighted by atomic mass is 9.83. The molecule has 1 aromatic rings. The van der Waals surface area contributed by atoms with Crippen molar-refractivity contribution >= 4 is 0 Å². The van der Waals surface area contributed by atoms with E-state index in [9.17, 15) is 18.3 Å². The molecular formula is C18H24F3NO2. The number of hydrogen-bond donors (Lipinski definition) is 2. The van der Waals surface area contributed by atoms with Crippen LogP contribution in [0.4, 0.5) is 13.2 Å². The Morgan fingerprint density at radius 1 is 1.33 bits per heavy atom. The van der Waals surface area contributed by atoms with Crippen LogP contribution >= 0.6 is 0 Å². The van der Waals surface area contributed by atoms with Crippen molar-refractivity contribution in [2.24, 2.45) is 11.3 Å². The highest BCUT2D eigenvalue weighted by Gasteiger charge is 2.39. The summed E-state index contributed by atoms with van der Waals surface area (Å²) < 4.78 is 44.4. The van der Waals surface area contributed by atoms with Crippen LogP contribution in [0, 0.1) is 11.3 Å². The minimum atomic E-state index is -4.32. The maximum absolute atomic E-state index is 13.0. The van der Waals surface area contributed by atoms with Crippen LogP contribution in [0.2, 0.25) is 0 Å². The molecule has 2 unspecified atom stereocenters. The summed E-state index contributed by atoms with van der Waals surface area (Å²) in [6, 6.07) is 5.57. The fraction of sp³-hybridized carbons (Fsp3) is 0.667. The number of aliphatic hydroxyl groups is 1. The zero-order valence-electron chi connectivity index (χ0n) is 13.6. The predicted molar refractivity (Wildman–Crippen MR) is 84.5 cm³/mol. The molecule has 1 aliphatic heterocycles. The molecule has 24 heavy (non-hydrogen) atoms. The Bertz CT molecular complexity index is 551. The summed E-state index contributed by atoms with van der Waals surface area (Å²) in [7, 11) is 0. The number of ether oxygens (including phenoxy) is 1. The van der Waals surface area contributed by atoms with E-state index in [2.05, 4.69) is 5.32 Å². The van der Waals surface area contributed by atoms with Gasteiger partial charge in [-0.15, -0.1) is 0 Å². The van der Waals surface area contributed by atoms with Gasteiger partial charge in [0.1, 0.15) is 0 Å². The van der Waals surface area contributed by atoms with Crippen LogP contribution in [0.1, 0.15) is 42.9 Å². The van der Waals surface area contributed by atoms with Crippen LogP contribution in [-0.4, -0.2) is 31.5 Å². The van der Waals surface area contributed by atoms with Gasteiger partial charge in [-0.25, -0.2) is 0 Å². The van der Waals surface area contributed by atoms with E-state index in [1.54, 1.807) is 6.07 Å². The van der Waals surface area contributed by atoms with E-state index in [1.165, 1.54) is 12.1 Å². The van der Waals surface area contributed by atoms with Gasteiger partial charge in [-0.3, -0.25) is 0 Å². The third kappa shape index (κ3) is 4.10. The molecule has 2 fully saturated rings. The van der Waals surface area contributed by atoms with Gasteiger partial charge in [0.25, 0.3) is 0 Å². The Morgan fingerprint density at radius 3 is 2.71 bits per heavy atom. The van der Waals surface area contributed by atoms with Gasteiger partial charge >= 0.3 is 6.18 Å². The average Bonchev–Trinajstić information content (AvgIpc) is 3.27. The predicted octanol–water partition coefficient (Wildman–Crippen LogP) is 3.54. The molecule has 6 heteroatoms. The van der Waals surface area contributed by atoms with Crippen molar-refractivity contribution in [1.29, 1.82) is 0 Å². The number of benzene rings is 1. The summed E-state index contributed by atoms with van der Waals surface area (Å²) in [4.78, 5) is 0. The molecule has 0 aromatic heterocycles. The van der Waals surface area contributed by atoms with Gasteiger partial charge in [-0.1, -0.05) is 12.1 Å². The molecule has 0 spiro atoms. The van der Waals surface area contributed by atoms with Gasteiger partial charge in [-0.2, -0.15) is 13.2 Å². The maximum Gasteiger partial charge on any atom is 0.416 e. The smallest absolute Gasteiger partial charge is 0.396 e. The molecule has 134 valence electrons. The first kappa shape index (κ1) is 17.7. The molecule has 3 nitrogen and oxygen atoms in total. The first-order chi connectivity index (χ1) is 11.4. The number of aliphatic hydroxyl groups excluding tert-OH is 1. The van der Waals surface area contributed by atoms with Gasteiger partial charge in [-0.05, 0) is 49.3 Å². The number of halogens is 3. The highest BCUT2D eigenvalue weighted by Crippen LogP contribution is 2.43. The van der Waals surface area contributed by atoms with E-state index < -0.39 is 11.7 Å². The molecule has 2 aliphatic rings. The number of alkyl halides is 3. The number of rotatable bonds is 7. The van der Waals surface area contributed by atoms with Crippen LogP contribution in [0.5, 0.6) is 0 Å². The Labute approximate surface area is 140 Å². The van der Waals surface area contributed by atoms with E-state index in [-0.39, 0.29) is 18.1 Å². The molecule has 1 saturated carbocycles. The largest absolute Gasteiger partial charge is 0.416 e. The fourth-order valence-corrected chi connectivity index (χ4v) is 3.53. The van der Waals surface area contributed by atoms with Crippen molar-refractivity contribution in [1.82, 2.24) is 5.32 Å². The fourth-order valence-electron chi connectivity index (χ4n) is 3.53. The summed E-state index contributed by atoms with van der Waals surface area (Å²) in [5.74, 6) is 0.391. The Morgan fingerprint density at radius 2 is 2.12 bits per heavy atom. The Kier molecular flexibility index (Phi) is 5.18. The SMILES string of the molecule is OCCC1(CNC(c2cccc(C(F)(F)F)c2)C2CC2)CCOC1. The summed E-state index contributed by atoms with van der Waals surface area (Å²) in [6.45, 7) is 2.04. The molecule has 0 radical (unpaired) electrons.